The van der Waals surface area contributed by atoms with E-state index in [4.69, 9.17) is 27.9 Å². The van der Waals surface area contributed by atoms with Gasteiger partial charge in [-0.1, -0.05) is 40.6 Å². The molecular formula is C17H12Cl2N2O2S2. The number of hydrogen-bond acceptors (Lipinski definition) is 5. The molecule has 8 heteroatoms. The first-order valence-corrected chi connectivity index (χ1v) is 10.0. The number of anilines is 1. The van der Waals surface area contributed by atoms with E-state index in [1.807, 2.05) is 30.3 Å². The zero-order valence-electron chi connectivity index (χ0n) is 13.0. The van der Waals surface area contributed by atoms with Crippen LogP contribution in [0.5, 0.6) is 5.75 Å². The van der Waals surface area contributed by atoms with Gasteiger partial charge in [-0.15, -0.1) is 11.8 Å². The van der Waals surface area contributed by atoms with Crippen LogP contribution in [-0.4, -0.2) is 23.8 Å². The van der Waals surface area contributed by atoms with Gasteiger partial charge in [0.25, 0.3) is 0 Å². The predicted molar refractivity (Wildman–Crippen MR) is 105 cm³/mol. The van der Waals surface area contributed by atoms with Crippen LogP contribution in [0.25, 0.3) is 10.2 Å². The van der Waals surface area contributed by atoms with Gasteiger partial charge in [-0.2, -0.15) is 0 Å². The normalized spacial score (nSPS) is 17.5. The lowest BCUT2D eigenvalue weighted by atomic mass is 10.2. The summed E-state index contributed by atoms with van der Waals surface area (Å²) in [6.45, 7) is 0. The molecule has 1 aliphatic rings. The van der Waals surface area contributed by atoms with E-state index in [0.29, 0.717) is 20.9 Å². The Morgan fingerprint density at radius 2 is 2.04 bits per heavy atom. The molecule has 0 spiro atoms. The van der Waals surface area contributed by atoms with E-state index in [2.05, 4.69) is 4.98 Å². The number of rotatable bonds is 3. The van der Waals surface area contributed by atoms with E-state index in [1.54, 1.807) is 29.8 Å². The largest absolute Gasteiger partial charge is 0.497 e. The van der Waals surface area contributed by atoms with Crippen LogP contribution >= 0.6 is 46.3 Å². The summed E-state index contributed by atoms with van der Waals surface area (Å²) >= 11 is 15.2. The summed E-state index contributed by atoms with van der Waals surface area (Å²) in [4.78, 5) is 18.9. The number of benzene rings is 2. The fourth-order valence-corrected chi connectivity index (χ4v) is 5.22. The first-order chi connectivity index (χ1) is 12.1. The molecule has 4 rings (SSSR count). The number of fused-ring (bicyclic) bond motifs is 1. The van der Waals surface area contributed by atoms with Crippen molar-refractivity contribution in [2.24, 2.45) is 0 Å². The number of carbonyl (C=O) groups is 1. The molecule has 3 aromatic rings. The number of nitrogens with zero attached hydrogens (tertiary/aromatic N) is 2. The number of carbonyl (C=O) groups excluding carboxylic acids is 1. The molecule has 2 heterocycles. The van der Waals surface area contributed by atoms with E-state index in [9.17, 15) is 4.79 Å². The SMILES string of the molecule is COc1ccc2nc(N3C(=O)CS[C@H]3c3ccc(Cl)c(Cl)c3)sc2c1. The van der Waals surface area contributed by atoms with Crippen molar-refractivity contribution in [1.82, 2.24) is 4.98 Å². The molecule has 1 aliphatic heterocycles. The Morgan fingerprint density at radius 3 is 2.80 bits per heavy atom. The van der Waals surface area contributed by atoms with E-state index in [-0.39, 0.29) is 11.3 Å². The number of thiazole rings is 1. The molecule has 1 amide bonds. The summed E-state index contributed by atoms with van der Waals surface area (Å²) in [5.41, 5.74) is 1.78. The Hall–Kier alpha value is -1.47. The smallest absolute Gasteiger partial charge is 0.240 e. The van der Waals surface area contributed by atoms with E-state index >= 15 is 0 Å². The van der Waals surface area contributed by atoms with E-state index < -0.39 is 0 Å². The summed E-state index contributed by atoms with van der Waals surface area (Å²) < 4.78 is 6.24. The van der Waals surface area contributed by atoms with E-state index in [1.165, 1.54) is 11.3 Å². The first kappa shape index (κ1) is 17.0. The summed E-state index contributed by atoms with van der Waals surface area (Å²) in [7, 11) is 1.63. The minimum atomic E-state index is -0.162. The number of hydrogen-bond donors (Lipinski definition) is 0. The highest BCUT2D eigenvalue weighted by Gasteiger charge is 2.36. The lowest BCUT2D eigenvalue weighted by molar-refractivity contribution is -0.115. The Balaban J connectivity index is 1.75. The first-order valence-electron chi connectivity index (χ1n) is 7.40. The highest BCUT2D eigenvalue weighted by Crippen LogP contribution is 2.45. The maximum atomic E-state index is 12.5. The van der Waals surface area contributed by atoms with Crippen molar-refractivity contribution < 1.29 is 9.53 Å². The van der Waals surface area contributed by atoms with Gasteiger partial charge >= 0.3 is 0 Å². The van der Waals surface area contributed by atoms with Crippen molar-refractivity contribution in [3.63, 3.8) is 0 Å². The predicted octanol–water partition coefficient (Wildman–Crippen LogP) is 5.39. The number of amides is 1. The average Bonchev–Trinajstić information content (AvgIpc) is 3.19. The molecule has 2 aromatic carbocycles. The highest BCUT2D eigenvalue weighted by atomic mass is 35.5. The quantitative estimate of drug-likeness (QED) is 0.580. The number of methoxy groups -OCH3 is 1. The standard InChI is InChI=1S/C17H12Cl2N2O2S2/c1-23-10-3-5-13-14(7-10)25-17(20-13)21-15(22)8-24-16(21)9-2-4-11(18)12(19)6-9/h2-7,16H,8H2,1H3/t16-/m0/s1. The molecular weight excluding hydrogens is 399 g/mol. The summed E-state index contributed by atoms with van der Waals surface area (Å²) in [6, 6.07) is 11.2. The zero-order valence-corrected chi connectivity index (χ0v) is 16.2. The molecule has 0 saturated carbocycles. The molecule has 0 bridgehead atoms. The fourth-order valence-electron chi connectivity index (χ4n) is 2.67. The maximum Gasteiger partial charge on any atom is 0.240 e. The van der Waals surface area contributed by atoms with Gasteiger partial charge in [-0.05, 0) is 35.9 Å². The van der Waals surface area contributed by atoms with E-state index in [0.717, 1.165) is 21.5 Å². The van der Waals surface area contributed by atoms with Gasteiger partial charge in [-0.3, -0.25) is 9.69 Å². The van der Waals surface area contributed by atoms with Gasteiger partial charge in [0, 0.05) is 0 Å². The minimum Gasteiger partial charge on any atom is -0.497 e. The van der Waals surface area contributed by atoms with Gasteiger partial charge in [0.05, 0.1) is 33.1 Å². The second-order valence-electron chi connectivity index (χ2n) is 5.43. The average molecular weight is 411 g/mol. The van der Waals surface area contributed by atoms with Gasteiger partial charge in [0.1, 0.15) is 11.1 Å². The van der Waals surface area contributed by atoms with Gasteiger partial charge < -0.3 is 4.74 Å². The molecule has 0 unspecified atom stereocenters. The molecule has 1 fully saturated rings. The molecule has 1 aromatic heterocycles. The van der Waals surface area contributed by atoms with Crippen molar-refractivity contribution in [1.29, 1.82) is 0 Å². The van der Waals surface area contributed by atoms with Crippen LogP contribution in [0.3, 0.4) is 0 Å². The summed E-state index contributed by atoms with van der Waals surface area (Å²) in [5, 5.41) is 1.49. The van der Waals surface area contributed by atoms with Crippen LogP contribution < -0.4 is 9.64 Å². The van der Waals surface area contributed by atoms with Crippen LogP contribution in [-0.2, 0) is 4.79 Å². The van der Waals surface area contributed by atoms with Crippen LogP contribution in [0.1, 0.15) is 10.9 Å². The molecule has 0 radical (unpaired) electrons. The van der Waals surface area contributed by atoms with Crippen LogP contribution in [0.2, 0.25) is 10.0 Å². The van der Waals surface area contributed by atoms with Crippen LogP contribution in [0.4, 0.5) is 5.13 Å². The van der Waals surface area contributed by atoms with Gasteiger partial charge in [-0.25, -0.2) is 4.98 Å². The Bertz CT molecular complexity index is 976. The topological polar surface area (TPSA) is 42.4 Å². The number of thioether (sulfide) groups is 1. The molecule has 1 saturated heterocycles. The molecule has 128 valence electrons. The number of halogens is 2. The third-order valence-corrected chi connectivity index (χ3v) is 6.86. The second kappa shape index (κ2) is 6.68. The van der Waals surface area contributed by atoms with Crippen molar-refractivity contribution in [3.8, 4) is 5.75 Å². The van der Waals surface area contributed by atoms with Crippen molar-refractivity contribution in [2.45, 2.75) is 5.37 Å². The van der Waals surface area contributed by atoms with Gasteiger partial charge in [0.15, 0.2) is 5.13 Å². The molecule has 1 atom stereocenters. The van der Waals surface area contributed by atoms with Gasteiger partial charge in [0.2, 0.25) is 5.91 Å². The minimum absolute atomic E-state index is 0.0343. The molecule has 4 nitrogen and oxygen atoms in total. The monoisotopic (exact) mass is 410 g/mol. The van der Waals surface area contributed by atoms with Crippen LogP contribution in [0, 0.1) is 0 Å². The van der Waals surface area contributed by atoms with Crippen molar-refractivity contribution >= 4 is 67.6 Å². The zero-order chi connectivity index (χ0) is 17.6. The van der Waals surface area contributed by atoms with Crippen molar-refractivity contribution in [3.05, 3.63) is 52.0 Å². The summed E-state index contributed by atoms with van der Waals surface area (Å²) in [5.74, 6) is 1.21. The Kier molecular flexibility index (Phi) is 4.54. The fraction of sp³-hybridized carbons (Fsp3) is 0.176. The lowest BCUT2D eigenvalue weighted by Crippen LogP contribution is -2.27. The maximum absolute atomic E-state index is 12.5. The Labute approximate surface area is 162 Å². The molecule has 0 N–H and O–H groups in total. The summed E-state index contributed by atoms with van der Waals surface area (Å²) in [6.07, 6.45) is 0. The van der Waals surface area contributed by atoms with Crippen molar-refractivity contribution in [2.75, 3.05) is 17.8 Å². The number of ether oxygens (including phenoxy) is 1. The second-order valence-corrected chi connectivity index (χ2v) is 8.32. The number of aromatic nitrogens is 1. The molecule has 25 heavy (non-hydrogen) atoms. The Morgan fingerprint density at radius 1 is 1.20 bits per heavy atom. The third kappa shape index (κ3) is 3.08. The third-order valence-electron chi connectivity index (χ3n) is 3.89. The lowest BCUT2D eigenvalue weighted by Gasteiger charge is -2.21. The highest BCUT2D eigenvalue weighted by molar-refractivity contribution is 8.00. The van der Waals surface area contributed by atoms with Crippen LogP contribution in [0.15, 0.2) is 36.4 Å². The molecule has 0 aliphatic carbocycles.